The van der Waals surface area contributed by atoms with Crippen molar-refractivity contribution >= 4 is 18.2 Å². The van der Waals surface area contributed by atoms with Crippen LogP contribution in [0.25, 0.3) is 0 Å². The Morgan fingerprint density at radius 3 is 2.57 bits per heavy atom. The Balaban J connectivity index is 0.00000264. The minimum Gasteiger partial charge on any atom is -0.367 e. The van der Waals surface area contributed by atoms with Crippen molar-refractivity contribution in [3.05, 3.63) is 24.0 Å². The van der Waals surface area contributed by atoms with Crippen LogP contribution in [-0.2, 0) is 7.05 Å². The molecular formula is C18H33ClN4. The van der Waals surface area contributed by atoms with Gasteiger partial charge in [-0.1, -0.05) is 20.8 Å². The first-order valence-corrected chi connectivity index (χ1v) is 8.35. The summed E-state index contributed by atoms with van der Waals surface area (Å²) in [6.45, 7) is 13.3. The van der Waals surface area contributed by atoms with Crippen LogP contribution in [0.4, 0.5) is 0 Å². The van der Waals surface area contributed by atoms with Gasteiger partial charge in [0, 0.05) is 31.0 Å². The van der Waals surface area contributed by atoms with Gasteiger partial charge in [0.25, 0.3) is 0 Å². The molecule has 0 bridgehead atoms. The van der Waals surface area contributed by atoms with E-state index in [-0.39, 0.29) is 29.4 Å². The molecule has 0 spiro atoms. The molecule has 23 heavy (non-hydrogen) atoms. The molecule has 0 aliphatic carbocycles. The zero-order valence-electron chi connectivity index (χ0n) is 15.4. The monoisotopic (exact) mass is 340 g/mol. The maximum absolute atomic E-state index is 4.85. The van der Waals surface area contributed by atoms with E-state index in [1.807, 2.05) is 0 Å². The third-order valence-corrected chi connectivity index (χ3v) is 3.96. The van der Waals surface area contributed by atoms with Gasteiger partial charge in [-0.3, -0.25) is 4.99 Å². The van der Waals surface area contributed by atoms with Gasteiger partial charge in [0.1, 0.15) is 11.9 Å². The molecule has 0 amide bonds. The standard InChI is InChI=1S/C18H32N4.ClH/c1-17(2,3)13-18(4,5)21-16-15(19-10-8-11-20-16)14-9-7-12-22(14)6;/h7,9,12,15,19H,8,10-11,13H2,1-6H3,(H,20,21);1H. The van der Waals surface area contributed by atoms with E-state index in [1.165, 1.54) is 5.69 Å². The largest absolute Gasteiger partial charge is 0.367 e. The fourth-order valence-corrected chi connectivity index (χ4v) is 3.56. The van der Waals surface area contributed by atoms with Crippen LogP contribution in [0.3, 0.4) is 0 Å². The predicted octanol–water partition coefficient (Wildman–Crippen LogP) is 3.68. The maximum atomic E-state index is 4.85. The Labute approximate surface area is 147 Å². The van der Waals surface area contributed by atoms with Crippen LogP contribution in [0, 0.1) is 5.41 Å². The molecule has 1 aliphatic heterocycles. The summed E-state index contributed by atoms with van der Waals surface area (Å²) in [6.07, 6.45) is 4.28. The molecule has 132 valence electrons. The van der Waals surface area contributed by atoms with Crippen LogP contribution in [0.2, 0.25) is 0 Å². The van der Waals surface area contributed by atoms with Crippen LogP contribution < -0.4 is 10.6 Å². The first-order valence-electron chi connectivity index (χ1n) is 8.35. The lowest BCUT2D eigenvalue weighted by atomic mass is 9.81. The molecule has 1 atom stereocenters. The number of nitrogens with one attached hydrogen (secondary N) is 2. The number of rotatable bonds is 3. The quantitative estimate of drug-likeness (QED) is 0.881. The average molecular weight is 341 g/mol. The molecule has 1 aliphatic rings. The second-order valence-electron chi connectivity index (χ2n) is 8.30. The number of halogens is 1. The van der Waals surface area contributed by atoms with Gasteiger partial charge in [-0.2, -0.15) is 0 Å². The highest BCUT2D eigenvalue weighted by atomic mass is 35.5. The lowest BCUT2D eigenvalue weighted by molar-refractivity contribution is 0.265. The molecule has 2 N–H and O–H groups in total. The molecule has 0 aromatic carbocycles. The Bertz CT molecular complexity index is 525. The van der Waals surface area contributed by atoms with Gasteiger partial charge < -0.3 is 15.2 Å². The minimum absolute atomic E-state index is 0. The molecular weight excluding hydrogens is 308 g/mol. The highest BCUT2D eigenvalue weighted by molar-refractivity contribution is 5.89. The van der Waals surface area contributed by atoms with Crippen LogP contribution in [0.15, 0.2) is 23.3 Å². The Kier molecular flexibility index (Phi) is 6.72. The lowest BCUT2D eigenvalue weighted by Gasteiger charge is -2.36. The molecule has 1 unspecified atom stereocenters. The highest BCUT2D eigenvalue weighted by Crippen LogP contribution is 2.28. The van der Waals surface area contributed by atoms with E-state index in [2.05, 4.69) is 75.2 Å². The topological polar surface area (TPSA) is 41.4 Å². The maximum Gasteiger partial charge on any atom is 0.120 e. The summed E-state index contributed by atoms with van der Waals surface area (Å²) in [6, 6.07) is 4.43. The van der Waals surface area contributed by atoms with Gasteiger partial charge >= 0.3 is 0 Å². The lowest BCUT2D eigenvalue weighted by Crippen LogP contribution is -2.50. The number of nitrogens with zero attached hydrogens (tertiary/aromatic N) is 2. The molecule has 2 rings (SSSR count). The average Bonchev–Trinajstić information content (AvgIpc) is 2.63. The zero-order valence-corrected chi connectivity index (χ0v) is 16.3. The van der Waals surface area contributed by atoms with Crippen molar-refractivity contribution in [1.29, 1.82) is 0 Å². The van der Waals surface area contributed by atoms with Gasteiger partial charge in [-0.15, -0.1) is 12.4 Å². The van der Waals surface area contributed by atoms with E-state index in [1.54, 1.807) is 0 Å². The van der Waals surface area contributed by atoms with Gasteiger partial charge in [0.2, 0.25) is 0 Å². The Hall–Kier alpha value is -1.00. The van der Waals surface area contributed by atoms with Crippen molar-refractivity contribution in [3.8, 4) is 0 Å². The molecule has 5 heteroatoms. The molecule has 1 aromatic heterocycles. The SMILES string of the molecule is Cl.Cn1cccc1C1NCCCN=C1NC(C)(C)CC(C)(C)C. The second-order valence-corrected chi connectivity index (χ2v) is 8.30. The van der Waals surface area contributed by atoms with Gasteiger partial charge in [0.15, 0.2) is 0 Å². The van der Waals surface area contributed by atoms with Crippen LogP contribution in [-0.4, -0.2) is 29.0 Å². The number of amidine groups is 1. The molecule has 0 fully saturated rings. The van der Waals surface area contributed by atoms with E-state index in [9.17, 15) is 0 Å². The van der Waals surface area contributed by atoms with Crippen LogP contribution in [0.1, 0.15) is 59.2 Å². The number of aliphatic imine (C=N–C) groups is 1. The van der Waals surface area contributed by atoms with Crippen molar-refractivity contribution in [2.75, 3.05) is 13.1 Å². The highest BCUT2D eigenvalue weighted by Gasteiger charge is 2.30. The van der Waals surface area contributed by atoms with E-state index in [0.29, 0.717) is 0 Å². The molecule has 0 saturated heterocycles. The molecule has 0 radical (unpaired) electrons. The fourth-order valence-electron chi connectivity index (χ4n) is 3.56. The molecule has 2 heterocycles. The first kappa shape index (κ1) is 20.0. The second kappa shape index (κ2) is 7.71. The van der Waals surface area contributed by atoms with E-state index in [4.69, 9.17) is 4.99 Å². The molecule has 1 aromatic rings. The fraction of sp³-hybridized carbons (Fsp3) is 0.722. The third-order valence-electron chi connectivity index (χ3n) is 3.96. The van der Waals surface area contributed by atoms with E-state index < -0.39 is 0 Å². The first-order chi connectivity index (χ1) is 10.2. The number of hydrogen-bond acceptors (Lipinski definition) is 3. The van der Waals surface area contributed by atoms with Crippen molar-refractivity contribution in [2.45, 2.75) is 59.0 Å². The smallest absolute Gasteiger partial charge is 0.120 e. The van der Waals surface area contributed by atoms with Gasteiger partial charge in [0.05, 0.1) is 0 Å². The number of aromatic nitrogens is 1. The van der Waals surface area contributed by atoms with Crippen LogP contribution in [0.5, 0.6) is 0 Å². The summed E-state index contributed by atoms with van der Waals surface area (Å²) in [4.78, 5) is 4.85. The van der Waals surface area contributed by atoms with Gasteiger partial charge in [-0.25, -0.2) is 0 Å². The summed E-state index contributed by atoms with van der Waals surface area (Å²) >= 11 is 0. The normalized spacial score (nSPS) is 19.6. The third kappa shape index (κ3) is 5.85. The minimum atomic E-state index is 0. The Morgan fingerprint density at radius 1 is 1.30 bits per heavy atom. The summed E-state index contributed by atoms with van der Waals surface area (Å²) < 4.78 is 2.18. The van der Waals surface area contributed by atoms with Crippen molar-refractivity contribution in [3.63, 3.8) is 0 Å². The Morgan fingerprint density at radius 2 is 2.00 bits per heavy atom. The van der Waals surface area contributed by atoms with Crippen molar-refractivity contribution < 1.29 is 0 Å². The van der Waals surface area contributed by atoms with Crippen LogP contribution >= 0.6 is 12.4 Å². The zero-order chi connectivity index (χ0) is 16.4. The van der Waals surface area contributed by atoms with E-state index >= 15 is 0 Å². The van der Waals surface area contributed by atoms with E-state index in [0.717, 1.165) is 31.8 Å². The van der Waals surface area contributed by atoms with Gasteiger partial charge in [-0.05, 0) is 50.8 Å². The van der Waals surface area contributed by atoms with Crippen molar-refractivity contribution in [1.82, 2.24) is 15.2 Å². The molecule has 0 saturated carbocycles. The summed E-state index contributed by atoms with van der Waals surface area (Å²) in [5.41, 5.74) is 1.57. The number of hydrogen-bond donors (Lipinski definition) is 2. The predicted molar refractivity (Wildman–Crippen MR) is 102 cm³/mol. The number of aryl methyl sites for hydroxylation is 1. The summed E-state index contributed by atoms with van der Waals surface area (Å²) in [7, 11) is 2.10. The summed E-state index contributed by atoms with van der Waals surface area (Å²) in [5.74, 6) is 1.08. The molecule has 4 nitrogen and oxygen atoms in total. The van der Waals surface area contributed by atoms with Crippen molar-refractivity contribution in [2.24, 2.45) is 17.5 Å². The summed E-state index contributed by atoms with van der Waals surface area (Å²) in [5, 5.41) is 7.38.